The van der Waals surface area contributed by atoms with Crippen LogP contribution >= 0.6 is 0 Å². The highest BCUT2D eigenvalue weighted by molar-refractivity contribution is 7.87. The van der Waals surface area contributed by atoms with Gasteiger partial charge >= 0.3 is 42.2 Å². The van der Waals surface area contributed by atoms with Crippen LogP contribution in [0.1, 0.15) is 6.92 Å². The molecule has 0 aliphatic rings. The summed E-state index contributed by atoms with van der Waals surface area (Å²) in [7, 11) is -5.80. The van der Waals surface area contributed by atoms with E-state index in [-0.39, 0.29) is 3.57 Å². The molecule has 0 aromatic heterocycles. The number of halogens is 4. The van der Waals surface area contributed by atoms with Gasteiger partial charge in [-0.05, 0) is 14.6 Å². The zero-order valence-electron chi connectivity index (χ0n) is 9.35. The van der Waals surface area contributed by atoms with Crippen molar-refractivity contribution in [1.82, 2.24) is 0 Å². The van der Waals surface area contributed by atoms with Gasteiger partial charge in [0.2, 0.25) is 3.57 Å². The third-order valence-electron chi connectivity index (χ3n) is 1.51. The van der Waals surface area contributed by atoms with E-state index in [2.05, 4.69) is 5.58 Å². The molecule has 0 heterocycles. The minimum atomic E-state index is -5.80. The summed E-state index contributed by atoms with van der Waals surface area (Å²) in [4.78, 5) is 10.8. The van der Waals surface area contributed by atoms with Crippen LogP contribution in [0.25, 0.3) is 0 Å². The van der Waals surface area contributed by atoms with Crippen LogP contribution in [0.15, 0.2) is 30.3 Å². The van der Waals surface area contributed by atoms with E-state index in [9.17, 15) is 26.4 Å². The van der Waals surface area contributed by atoms with Crippen molar-refractivity contribution in [3.05, 3.63) is 33.9 Å². The zero-order chi connectivity index (χ0) is 14.7. The fourth-order valence-electron chi connectivity index (χ4n) is 0.821. The van der Waals surface area contributed by atoms with Crippen molar-refractivity contribution in [3.63, 3.8) is 0 Å². The second kappa shape index (κ2) is 6.05. The van der Waals surface area contributed by atoms with E-state index in [4.69, 9.17) is 0 Å². The maximum Gasteiger partial charge on any atom is 0.526 e. The van der Waals surface area contributed by atoms with Crippen LogP contribution < -0.4 is 20.6 Å². The molecule has 0 spiro atoms. The van der Waals surface area contributed by atoms with Gasteiger partial charge in [0.1, 0.15) is 0 Å². The Labute approximate surface area is 115 Å². The van der Waals surface area contributed by atoms with Crippen LogP contribution in [-0.2, 0) is 20.5 Å². The molecule has 0 saturated heterocycles. The SMILES string of the molecule is CC(=O)O[I+](OS(=O)(=O)C(F)(F)F)c1ccccc1. The van der Waals surface area contributed by atoms with Crippen LogP contribution in [0.4, 0.5) is 13.2 Å². The molecule has 0 fully saturated rings. The molecule has 0 saturated carbocycles. The first-order chi connectivity index (χ1) is 8.63. The number of benzene rings is 1. The normalized spacial score (nSPS) is 12.5. The van der Waals surface area contributed by atoms with E-state index < -0.39 is 42.2 Å². The smallest absolute Gasteiger partial charge is 0.247 e. The Morgan fingerprint density at radius 2 is 1.74 bits per heavy atom. The molecule has 19 heavy (non-hydrogen) atoms. The molecule has 1 radical (unpaired) electrons. The minimum absolute atomic E-state index is 0.120. The van der Waals surface area contributed by atoms with Crippen LogP contribution in [-0.4, -0.2) is 19.9 Å². The van der Waals surface area contributed by atoms with Gasteiger partial charge in [0.15, 0.2) is 0 Å². The Hall–Kier alpha value is -0.880. The zero-order valence-corrected chi connectivity index (χ0v) is 12.3. The molecule has 0 aliphatic heterocycles. The summed E-state index contributed by atoms with van der Waals surface area (Å²) in [6, 6.07) is 7.17. The molecule has 0 atom stereocenters. The maximum absolute atomic E-state index is 12.2. The summed E-state index contributed by atoms with van der Waals surface area (Å²) in [5.74, 6) is -0.911. The fourth-order valence-corrected chi connectivity index (χ4v) is 5.71. The van der Waals surface area contributed by atoms with Gasteiger partial charge in [0, 0.05) is 6.92 Å². The molecule has 5 nitrogen and oxygen atoms in total. The highest BCUT2D eigenvalue weighted by Gasteiger charge is 2.55. The maximum atomic E-state index is 12.2. The highest BCUT2D eigenvalue weighted by Crippen LogP contribution is 2.22. The lowest BCUT2D eigenvalue weighted by atomic mass is 10.4. The first-order valence-electron chi connectivity index (χ1n) is 4.59. The third-order valence-corrected chi connectivity index (χ3v) is 7.52. The number of hydrogen-bond acceptors (Lipinski definition) is 5. The number of alkyl halides is 3. The monoisotopic (exact) mass is 412 g/mol. The van der Waals surface area contributed by atoms with Crippen molar-refractivity contribution in [2.24, 2.45) is 0 Å². The van der Waals surface area contributed by atoms with Crippen molar-refractivity contribution >= 4 is 16.1 Å². The van der Waals surface area contributed by atoms with Gasteiger partial charge in [-0.3, -0.25) is 0 Å². The average Bonchev–Trinajstić information content (AvgIpc) is 2.27. The van der Waals surface area contributed by atoms with E-state index in [1.54, 1.807) is 6.07 Å². The first kappa shape index (κ1) is 16.2. The largest absolute Gasteiger partial charge is 0.526 e. The minimum Gasteiger partial charge on any atom is -0.247 e. The second-order valence-corrected chi connectivity index (χ2v) is 8.55. The molecule has 0 aliphatic carbocycles. The summed E-state index contributed by atoms with van der Waals surface area (Å²) < 4.78 is 67.3. The Morgan fingerprint density at radius 1 is 1.21 bits per heavy atom. The number of carbonyl (C=O) groups is 1. The highest BCUT2D eigenvalue weighted by atomic mass is 127. The Balaban J connectivity index is 3.04. The molecule has 0 unspecified atom stereocenters. The summed E-state index contributed by atoms with van der Waals surface area (Å²) in [6.07, 6.45) is 0. The molecule has 0 bridgehead atoms. The molecular formula is C9H8F3IO5S+. The van der Waals surface area contributed by atoms with E-state index >= 15 is 0 Å². The van der Waals surface area contributed by atoms with Crippen molar-refractivity contribution in [2.45, 2.75) is 12.4 Å². The molecule has 0 N–H and O–H groups in total. The lowest BCUT2D eigenvalue weighted by molar-refractivity contribution is -1.19. The second-order valence-electron chi connectivity index (χ2n) is 3.04. The Morgan fingerprint density at radius 3 is 2.16 bits per heavy atom. The first-order valence-corrected chi connectivity index (χ1v) is 8.84. The van der Waals surface area contributed by atoms with Crippen LogP contribution in [0.3, 0.4) is 0 Å². The summed E-state index contributed by atoms with van der Waals surface area (Å²) >= 11 is -3.73. The van der Waals surface area contributed by atoms with E-state index in [1.165, 1.54) is 24.3 Å². The van der Waals surface area contributed by atoms with Crippen LogP contribution in [0, 0.1) is 3.57 Å². The fraction of sp³-hybridized carbons (Fsp3) is 0.222. The van der Waals surface area contributed by atoms with Crippen molar-refractivity contribution in [3.8, 4) is 0 Å². The predicted octanol–water partition coefficient (Wildman–Crippen LogP) is -1.26. The van der Waals surface area contributed by atoms with Gasteiger partial charge in [-0.25, -0.2) is 7.86 Å². The van der Waals surface area contributed by atoms with Gasteiger partial charge in [0.05, 0.1) is 0 Å². The van der Waals surface area contributed by atoms with Crippen molar-refractivity contribution < 1.29 is 52.6 Å². The molecule has 107 valence electrons. The van der Waals surface area contributed by atoms with Crippen LogP contribution in [0.5, 0.6) is 0 Å². The summed E-state index contributed by atoms with van der Waals surface area (Å²) in [5.41, 5.74) is -5.56. The molecule has 10 heteroatoms. The molecule has 1 aromatic rings. The molecule has 1 rings (SSSR count). The third kappa shape index (κ3) is 4.62. The van der Waals surface area contributed by atoms with E-state index in [1.807, 2.05) is 0 Å². The Kier molecular flexibility index (Phi) is 5.15. The molecular weight excluding hydrogens is 404 g/mol. The Bertz CT molecular complexity index is 543. The van der Waals surface area contributed by atoms with Gasteiger partial charge in [-0.1, -0.05) is 18.2 Å². The number of rotatable bonds is 4. The number of hydrogen-bond donors (Lipinski definition) is 0. The van der Waals surface area contributed by atoms with E-state index in [0.717, 1.165) is 6.92 Å². The van der Waals surface area contributed by atoms with Crippen molar-refractivity contribution in [1.29, 1.82) is 0 Å². The number of carbonyl (C=O) groups excluding carboxylic acids is 1. The average molecular weight is 412 g/mol. The van der Waals surface area contributed by atoms with Gasteiger partial charge in [0.25, 0.3) is 0 Å². The van der Waals surface area contributed by atoms with Crippen molar-refractivity contribution in [2.75, 3.05) is 0 Å². The van der Waals surface area contributed by atoms with Gasteiger partial charge in [-0.15, -0.1) is 0 Å². The summed E-state index contributed by atoms with van der Waals surface area (Å²) in [5, 5.41) is 0. The lowest BCUT2D eigenvalue weighted by Crippen LogP contribution is -3.86. The molecule has 0 amide bonds. The van der Waals surface area contributed by atoms with Gasteiger partial charge < -0.3 is 0 Å². The lowest BCUT2D eigenvalue weighted by Gasteiger charge is -2.05. The standard InChI is InChI=1S/C9H8F3IO5S/c1-7(14)17-13(8-5-3-2-4-6-8)18-19(15,16)9(10,11)12/h2-6H,1H3/q+1. The molecule has 1 aromatic carbocycles. The van der Waals surface area contributed by atoms with E-state index in [0.29, 0.717) is 0 Å². The summed E-state index contributed by atoms with van der Waals surface area (Å²) in [6.45, 7) is 0.955. The van der Waals surface area contributed by atoms with Gasteiger partial charge in [-0.2, -0.15) is 21.6 Å². The predicted molar refractivity (Wildman–Crippen MR) is 53.0 cm³/mol. The quantitative estimate of drug-likeness (QED) is 0.457. The van der Waals surface area contributed by atoms with Crippen LogP contribution in [0.2, 0.25) is 0 Å². The topological polar surface area (TPSA) is 69.7 Å².